The van der Waals surface area contributed by atoms with E-state index in [1.54, 1.807) is 18.6 Å². The lowest BCUT2D eigenvalue weighted by molar-refractivity contribution is -0.171. The van der Waals surface area contributed by atoms with Crippen molar-refractivity contribution in [3.05, 3.63) is 35.8 Å². The molecule has 3 rings (SSSR count). The van der Waals surface area contributed by atoms with Gasteiger partial charge in [-0.3, -0.25) is 9.59 Å². The lowest BCUT2D eigenvalue weighted by atomic mass is 9.45. The second-order valence-electron chi connectivity index (χ2n) is 8.22. The minimum Gasteiger partial charge on any atom is -0.472 e. The predicted octanol–water partition coefficient (Wildman–Crippen LogP) is 3.48. The van der Waals surface area contributed by atoms with E-state index in [1.807, 2.05) is 33.8 Å². The van der Waals surface area contributed by atoms with E-state index in [2.05, 4.69) is 0 Å². The monoisotopic (exact) mass is 330 g/mol. The summed E-state index contributed by atoms with van der Waals surface area (Å²) in [5.41, 5.74) is -0.741. The molecule has 1 aromatic rings. The number of carbonyl (C=O) groups excluding carboxylic acids is 2. The average Bonchev–Trinajstić information content (AvgIpc) is 3.00. The minimum absolute atomic E-state index is 0.0268. The average molecular weight is 330 g/mol. The van der Waals surface area contributed by atoms with Crippen molar-refractivity contribution in [2.45, 2.75) is 59.0 Å². The smallest absolute Gasteiger partial charge is 0.160 e. The van der Waals surface area contributed by atoms with E-state index in [0.717, 1.165) is 5.56 Å². The number of ketones is 2. The van der Waals surface area contributed by atoms with E-state index in [4.69, 9.17) is 4.42 Å². The van der Waals surface area contributed by atoms with Crippen molar-refractivity contribution in [3.63, 3.8) is 0 Å². The van der Waals surface area contributed by atoms with Crippen LogP contribution in [0.25, 0.3) is 0 Å². The highest BCUT2D eigenvalue weighted by Crippen LogP contribution is 2.60. The molecule has 1 heterocycles. The Morgan fingerprint density at radius 2 is 2.00 bits per heavy atom. The van der Waals surface area contributed by atoms with Gasteiger partial charge in [0.2, 0.25) is 0 Å². The normalized spacial score (nSPS) is 35.5. The number of aliphatic hydroxyl groups is 1. The van der Waals surface area contributed by atoms with Gasteiger partial charge in [0.1, 0.15) is 5.78 Å². The van der Waals surface area contributed by atoms with Crippen molar-refractivity contribution in [3.8, 4) is 0 Å². The zero-order valence-electron chi connectivity index (χ0n) is 14.9. The van der Waals surface area contributed by atoms with E-state index in [9.17, 15) is 14.7 Å². The summed E-state index contributed by atoms with van der Waals surface area (Å²) in [4.78, 5) is 25.2. The fourth-order valence-corrected chi connectivity index (χ4v) is 5.02. The van der Waals surface area contributed by atoms with Crippen LogP contribution in [0.15, 0.2) is 34.7 Å². The van der Waals surface area contributed by atoms with Gasteiger partial charge in [0.25, 0.3) is 0 Å². The van der Waals surface area contributed by atoms with E-state index < -0.39 is 22.3 Å². The maximum Gasteiger partial charge on any atom is 0.160 e. The maximum atomic E-state index is 12.8. The van der Waals surface area contributed by atoms with Gasteiger partial charge < -0.3 is 9.52 Å². The summed E-state index contributed by atoms with van der Waals surface area (Å²) in [5, 5.41) is 11.7. The molecule has 1 saturated carbocycles. The van der Waals surface area contributed by atoms with Gasteiger partial charge in [0, 0.05) is 23.2 Å². The summed E-state index contributed by atoms with van der Waals surface area (Å²) in [6.45, 7) is 7.51. The van der Waals surface area contributed by atoms with Gasteiger partial charge in [-0.05, 0) is 49.5 Å². The van der Waals surface area contributed by atoms with Crippen LogP contribution in [0.2, 0.25) is 0 Å². The van der Waals surface area contributed by atoms with Crippen LogP contribution in [0.4, 0.5) is 0 Å². The fraction of sp³-hybridized carbons (Fsp3) is 0.600. The molecule has 3 atom stereocenters. The molecule has 2 aliphatic carbocycles. The van der Waals surface area contributed by atoms with Crippen LogP contribution in [0.1, 0.15) is 52.5 Å². The highest BCUT2D eigenvalue weighted by molar-refractivity contribution is 6.01. The number of hydrogen-bond acceptors (Lipinski definition) is 4. The largest absolute Gasteiger partial charge is 0.472 e. The minimum atomic E-state index is -1.10. The quantitative estimate of drug-likeness (QED) is 0.921. The van der Waals surface area contributed by atoms with Gasteiger partial charge in [0.05, 0.1) is 18.1 Å². The molecule has 0 unspecified atom stereocenters. The lowest BCUT2D eigenvalue weighted by Crippen LogP contribution is -2.63. The Balaban J connectivity index is 2.03. The number of furan rings is 1. The van der Waals surface area contributed by atoms with Gasteiger partial charge in [-0.15, -0.1) is 0 Å². The highest BCUT2D eigenvalue weighted by atomic mass is 16.3. The van der Waals surface area contributed by atoms with Crippen molar-refractivity contribution in [1.82, 2.24) is 0 Å². The first-order valence-corrected chi connectivity index (χ1v) is 8.62. The molecule has 1 fully saturated rings. The molecule has 24 heavy (non-hydrogen) atoms. The fourth-order valence-electron chi connectivity index (χ4n) is 5.02. The molecular weight excluding hydrogens is 304 g/mol. The Kier molecular flexibility index (Phi) is 3.87. The number of allylic oxidation sites excluding steroid dienone is 1. The molecule has 2 aliphatic rings. The van der Waals surface area contributed by atoms with Gasteiger partial charge in [-0.1, -0.05) is 20.8 Å². The van der Waals surface area contributed by atoms with Crippen LogP contribution >= 0.6 is 0 Å². The SMILES string of the molecule is CC1=CC(=O)[C@H]2C(C)(C)C(=O)CC[C@]2(C)[C@@]1(O)CCc1ccoc1. The van der Waals surface area contributed by atoms with E-state index in [1.165, 1.54) is 0 Å². The summed E-state index contributed by atoms with van der Waals surface area (Å²) in [7, 11) is 0. The van der Waals surface area contributed by atoms with Crippen LogP contribution in [0.3, 0.4) is 0 Å². The molecular formula is C20H26O4. The number of fused-ring (bicyclic) bond motifs is 1. The van der Waals surface area contributed by atoms with Crippen LogP contribution in [0.5, 0.6) is 0 Å². The summed E-state index contributed by atoms with van der Waals surface area (Å²) in [5.74, 6) is -0.395. The highest BCUT2D eigenvalue weighted by Gasteiger charge is 2.64. The van der Waals surface area contributed by atoms with E-state index in [0.29, 0.717) is 31.3 Å². The Hall–Kier alpha value is -1.68. The third-order valence-electron chi connectivity index (χ3n) is 6.54. The van der Waals surface area contributed by atoms with Crippen LogP contribution in [-0.2, 0) is 16.0 Å². The standard InChI is InChI=1S/C20H26O4/c1-13-11-15(21)17-18(2,3)16(22)6-8-19(17,4)20(13,23)9-5-14-7-10-24-12-14/h7,10-12,17,23H,5-6,8-9H2,1-4H3/t17-,19-,20+/m0/s1. The second kappa shape index (κ2) is 5.41. The third-order valence-corrected chi connectivity index (χ3v) is 6.54. The number of rotatable bonds is 3. The van der Waals surface area contributed by atoms with Crippen molar-refractivity contribution in [2.24, 2.45) is 16.7 Å². The first-order chi connectivity index (χ1) is 11.1. The molecule has 130 valence electrons. The molecule has 0 aliphatic heterocycles. The molecule has 0 amide bonds. The van der Waals surface area contributed by atoms with Crippen molar-refractivity contribution < 1.29 is 19.1 Å². The van der Waals surface area contributed by atoms with Crippen molar-refractivity contribution in [2.75, 3.05) is 0 Å². The summed E-state index contributed by atoms with van der Waals surface area (Å²) in [6.07, 6.45) is 7.00. The Bertz CT molecular complexity index is 697. The zero-order chi connectivity index (χ0) is 17.8. The predicted molar refractivity (Wildman–Crippen MR) is 90.4 cm³/mol. The molecule has 0 bridgehead atoms. The molecule has 4 nitrogen and oxygen atoms in total. The Morgan fingerprint density at radius 3 is 2.62 bits per heavy atom. The second-order valence-corrected chi connectivity index (χ2v) is 8.22. The first-order valence-electron chi connectivity index (χ1n) is 8.62. The summed E-state index contributed by atoms with van der Waals surface area (Å²) < 4.78 is 5.12. The van der Waals surface area contributed by atoms with E-state index in [-0.39, 0.29) is 11.6 Å². The molecule has 0 saturated heterocycles. The van der Waals surface area contributed by atoms with Gasteiger partial charge in [-0.2, -0.15) is 0 Å². The number of hydrogen-bond donors (Lipinski definition) is 1. The topological polar surface area (TPSA) is 67.5 Å². The van der Waals surface area contributed by atoms with Gasteiger partial charge >= 0.3 is 0 Å². The molecule has 0 aromatic carbocycles. The van der Waals surface area contributed by atoms with Gasteiger partial charge in [-0.25, -0.2) is 0 Å². The molecule has 0 radical (unpaired) electrons. The summed E-state index contributed by atoms with van der Waals surface area (Å²) >= 11 is 0. The third kappa shape index (κ3) is 2.23. The number of carbonyl (C=O) groups is 2. The molecule has 4 heteroatoms. The maximum absolute atomic E-state index is 12.8. The lowest BCUT2D eigenvalue weighted by Gasteiger charge is -2.58. The molecule has 0 spiro atoms. The molecule has 1 N–H and O–H groups in total. The zero-order valence-corrected chi connectivity index (χ0v) is 14.9. The Labute approximate surface area is 142 Å². The van der Waals surface area contributed by atoms with E-state index >= 15 is 0 Å². The van der Waals surface area contributed by atoms with Crippen LogP contribution in [-0.4, -0.2) is 22.3 Å². The number of aryl methyl sites for hydroxylation is 1. The summed E-state index contributed by atoms with van der Waals surface area (Å²) in [6, 6.07) is 1.89. The first kappa shape index (κ1) is 17.2. The molecule has 1 aromatic heterocycles. The number of Topliss-reactive ketones (excluding diaryl/α,β-unsaturated/α-hetero) is 1. The Morgan fingerprint density at radius 1 is 1.29 bits per heavy atom. The van der Waals surface area contributed by atoms with Crippen molar-refractivity contribution >= 4 is 11.6 Å². The van der Waals surface area contributed by atoms with Gasteiger partial charge in [0.15, 0.2) is 5.78 Å². The van der Waals surface area contributed by atoms with Crippen LogP contribution < -0.4 is 0 Å². The van der Waals surface area contributed by atoms with Crippen LogP contribution in [0, 0.1) is 16.7 Å². The van der Waals surface area contributed by atoms with Crippen molar-refractivity contribution in [1.29, 1.82) is 0 Å².